The molecule has 0 bridgehead atoms. The Hall–Kier alpha value is -2.43. The van der Waals surface area contributed by atoms with Crippen molar-refractivity contribution in [2.24, 2.45) is 0 Å². The topological polar surface area (TPSA) is 61.6 Å². The van der Waals surface area contributed by atoms with Gasteiger partial charge >= 0.3 is 0 Å². The Balaban J connectivity index is 1.25. The van der Waals surface area contributed by atoms with Gasteiger partial charge in [0.05, 0.1) is 11.3 Å². The average Bonchev–Trinajstić information content (AvgIpc) is 2.76. The third kappa shape index (κ3) is 4.66. The number of hydrogen-bond donors (Lipinski definition) is 0. The summed E-state index contributed by atoms with van der Waals surface area (Å²) in [5.41, 5.74) is 3.85. The minimum atomic E-state index is 0.616. The molecule has 1 aromatic carbocycles. The molecule has 0 amide bonds. The van der Waals surface area contributed by atoms with Gasteiger partial charge in [0.25, 0.3) is 0 Å². The van der Waals surface area contributed by atoms with Crippen molar-refractivity contribution in [3.8, 4) is 17.6 Å². The number of nitriles is 1. The predicted octanol–water partition coefficient (Wildman–Crippen LogP) is 3.65. The second-order valence-corrected chi connectivity index (χ2v) is 8.79. The number of rotatable bonds is 6. The molecule has 1 saturated heterocycles. The van der Waals surface area contributed by atoms with Crippen LogP contribution in [-0.4, -0.2) is 61.6 Å². The lowest BCUT2D eigenvalue weighted by molar-refractivity contribution is 0.171. The molecule has 0 saturated carbocycles. The molecule has 2 aromatic rings. The molecule has 4 rings (SSSR count). The summed E-state index contributed by atoms with van der Waals surface area (Å²) in [5, 5.41) is 10.3. The van der Waals surface area contributed by atoms with Gasteiger partial charge in [-0.3, -0.25) is 4.90 Å². The molecule has 0 unspecified atom stereocenters. The van der Waals surface area contributed by atoms with E-state index in [1.165, 1.54) is 0 Å². The second-order valence-electron chi connectivity index (χ2n) is 7.70. The van der Waals surface area contributed by atoms with Crippen LogP contribution in [0.5, 0.6) is 11.5 Å². The summed E-state index contributed by atoms with van der Waals surface area (Å²) in [7, 11) is 0. The zero-order valence-electron chi connectivity index (χ0n) is 17.7. The monoisotopic (exact) mass is 424 g/mol. The van der Waals surface area contributed by atoms with Crippen LogP contribution in [0.3, 0.4) is 0 Å². The van der Waals surface area contributed by atoms with E-state index in [-0.39, 0.29) is 0 Å². The Morgan fingerprint density at radius 2 is 1.93 bits per heavy atom. The minimum absolute atomic E-state index is 0.616. The normalized spacial score (nSPS) is 16.4. The molecular formula is C23H28N4O2S. The van der Waals surface area contributed by atoms with E-state index in [1.807, 2.05) is 32.0 Å². The van der Waals surface area contributed by atoms with Crippen LogP contribution >= 0.6 is 11.8 Å². The minimum Gasteiger partial charge on any atom is -0.486 e. The fourth-order valence-corrected chi connectivity index (χ4v) is 5.05. The zero-order chi connectivity index (χ0) is 20.9. The van der Waals surface area contributed by atoms with E-state index >= 15 is 0 Å². The molecule has 2 aliphatic heterocycles. The molecule has 0 spiro atoms. The van der Waals surface area contributed by atoms with Crippen LogP contribution in [0, 0.1) is 25.2 Å². The van der Waals surface area contributed by atoms with Crippen LogP contribution < -0.4 is 14.4 Å². The summed E-state index contributed by atoms with van der Waals surface area (Å²) >= 11 is 1.70. The first-order valence-corrected chi connectivity index (χ1v) is 11.5. The summed E-state index contributed by atoms with van der Waals surface area (Å²) in [4.78, 5) is 9.48. The second kappa shape index (κ2) is 9.59. The van der Waals surface area contributed by atoms with E-state index in [9.17, 15) is 5.26 Å². The highest BCUT2D eigenvalue weighted by Gasteiger charge is 2.23. The molecule has 158 valence electrons. The molecule has 1 fully saturated rings. The molecule has 6 nitrogen and oxygen atoms in total. The molecule has 0 radical (unpaired) electrons. The van der Waals surface area contributed by atoms with E-state index in [1.54, 1.807) is 11.8 Å². The van der Waals surface area contributed by atoms with Crippen molar-refractivity contribution < 1.29 is 9.47 Å². The van der Waals surface area contributed by atoms with Gasteiger partial charge in [0.15, 0.2) is 11.5 Å². The lowest BCUT2D eigenvalue weighted by Gasteiger charge is -2.37. The van der Waals surface area contributed by atoms with E-state index in [4.69, 9.17) is 9.47 Å². The average molecular weight is 425 g/mol. The smallest absolute Gasteiger partial charge is 0.184 e. The molecule has 30 heavy (non-hydrogen) atoms. The molecular weight excluding hydrogens is 396 g/mol. The molecule has 0 N–H and O–H groups in total. The molecule has 0 aliphatic carbocycles. The van der Waals surface area contributed by atoms with Crippen molar-refractivity contribution in [3.05, 3.63) is 41.1 Å². The molecule has 2 aliphatic rings. The fraction of sp³-hybridized carbons (Fsp3) is 0.478. The Kier molecular flexibility index (Phi) is 6.66. The number of pyridine rings is 1. The van der Waals surface area contributed by atoms with Gasteiger partial charge < -0.3 is 14.4 Å². The van der Waals surface area contributed by atoms with Gasteiger partial charge in [-0.2, -0.15) is 5.26 Å². The third-order valence-corrected chi connectivity index (χ3v) is 6.60. The molecule has 7 heteroatoms. The van der Waals surface area contributed by atoms with Gasteiger partial charge in [-0.15, -0.1) is 11.8 Å². The number of aryl methyl sites for hydroxylation is 2. The molecule has 0 atom stereocenters. The number of thioether (sulfide) groups is 1. The van der Waals surface area contributed by atoms with Gasteiger partial charge in [-0.1, -0.05) is 6.07 Å². The quantitative estimate of drug-likeness (QED) is 0.518. The Morgan fingerprint density at radius 1 is 1.13 bits per heavy atom. The first kappa shape index (κ1) is 20.8. The number of nitrogens with zero attached hydrogens (tertiary/aromatic N) is 4. The number of ether oxygens (including phenoxy) is 2. The maximum Gasteiger partial charge on any atom is 0.184 e. The van der Waals surface area contributed by atoms with Crippen LogP contribution in [0.1, 0.15) is 23.2 Å². The van der Waals surface area contributed by atoms with E-state index in [2.05, 4.69) is 26.9 Å². The predicted molar refractivity (Wildman–Crippen MR) is 120 cm³/mol. The number of hydrogen-bond acceptors (Lipinski definition) is 7. The van der Waals surface area contributed by atoms with E-state index < -0.39 is 0 Å². The van der Waals surface area contributed by atoms with E-state index in [0.717, 1.165) is 83.9 Å². The highest BCUT2D eigenvalue weighted by molar-refractivity contribution is 7.99. The van der Waals surface area contributed by atoms with E-state index in [0.29, 0.717) is 13.2 Å². The van der Waals surface area contributed by atoms with Crippen molar-refractivity contribution in [1.82, 2.24) is 9.88 Å². The van der Waals surface area contributed by atoms with Crippen molar-refractivity contribution in [1.29, 1.82) is 5.26 Å². The number of aromatic nitrogens is 1. The van der Waals surface area contributed by atoms with Crippen molar-refractivity contribution in [2.45, 2.75) is 25.3 Å². The number of benzene rings is 1. The summed E-state index contributed by atoms with van der Waals surface area (Å²) in [6.07, 6.45) is 1.09. The van der Waals surface area contributed by atoms with Crippen LogP contribution in [0.4, 0.5) is 5.69 Å². The first-order valence-electron chi connectivity index (χ1n) is 10.5. The van der Waals surface area contributed by atoms with Crippen LogP contribution in [0.2, 0.25) is 0 Å². The van der Waals surface area contributed by atoms with Gasteiger partial charge in [0.1, 0.15) is 24.3 Å². The van der Waals surface area contributed by atoms with Crippen LogP contribution in [0.15, 0.2) is 29.3 Å². The largest absolute Gasteiger partial charge is 0.486 e. The number of para-hydroxylation sites is 1. The number of piperazine rings is 1. The Bertz CT molecular complexity index is 936. The summed E-state index contributed by atoms with van der Waals surface area (Å²) in [6.45, 7) is 10.3. The summed E-state index contributed by atoms with van der Waals surface area (Å²) in [5.74, 6) is 2.72. The summed E-state index contributed by atoms with van der Waals surface area (Å²) in [6, 6.07) is 10.4. The lowest BCUT2D eigenvalue weighted by Crippen LogP contribution is -2.46. The van der Waals surface area contributed by atoms with Crippen LogP contribution in [-0.2, 0) is 0 Å². The number of anilines is 1. The highest BCUT2D eigenvalue weighted by atomic mass is 32.2. The highest BCUT2D eigenvalue weighted by Crippen LogP contribution is 2.39. The zero-order valence-corrected chi connectivity index (χ0v) is 18.5. The van der Waals surface area contributed by atoms with Crippen molar-refractivity contribution in [3.63, 3.8) is 0 Å². The maximum atomic E-state index is 9.41. The Morgan fingerprint density at radius 3 is 2.73 bits per heavy atom. The standard InChI is InChI=1S/C23H28N4O2S/c1-17-15-18(2)25-23(19(17)16-24)30-14-4-7-26-8-10-27(11-9-26)20-5-3-6-21-22(20)29-13-12-28-21/h3,5-6,15H,4,7-14H2,1-2H3. The third-order valence-electron chi connectivity index (χ3n) is 5.54. The van der Waals surface area contributed by atoms with Gasteiger partial charge in [-0.25, -0.2) is 4.98 Å². The van der Waals surface area contributed by atoms with Gasteiger partial charge in [-0.05, 0) is 50.6 Å². The fourth-order valence-electron chi connectivity index (χ4n) is 4.02. The summed E-state index contributed by atoms with van der Waals surface area (Å²) < 4.78 is 11.6. The molecule has 1 aromatic heterocycles. The first-order chi connectivity index (χ1) is 14.7. The SMILES string of the molecule is Cc1cc(C)c(C#N)c(SCCCN2CCN(c3cccc4c3OCCO4)CC2)n1. The van der Waals surface area contributed by atoms with Crippen molar-refractivity contribution >= 4 is 17.4 Å². The Labute approximate surface area is 182 Å². The van der Waals surface area contributed by atoms with Gasteiger partial charge in [0.2, 0.25) is 0 Å². The molecule has 3 heterocycles. The number of fused-ring (bicyclic) bond motifs is 1. The maximum absolute atomic E-state index is 9.41. The van der Waals surface area contributed by atoms with Crippen LogP contribution in [0.25, 0.3) is 0 Å². The lowest BCUT2D eigenvalue weighted by atomic mass is 10.1. The van der Waals surface area contributed by atoms with Gasteiger partial charge in [0, 0.05) is 37.6 Å². The van der Waals surface area contributed by atoms with Crippen molar-refractivity contribution in [2.75, 3.05) is 56.6 Å².